The van der Waals surface area contributed by atoms with E-state index in [1.807, 2.05) is 9.80 Å². The molecule has 1 amide bonds. The van der Waals surface area contributed by atoms with Crippen molar-refractivity contribution in [1.82, 2.24) is 15.0 Å². The molecule has 46 heavy (non-hydrogen) atoms. The van der Waals surface area contributed by atoms with Crippen LogP contribution in [-0.4, -0.2) is 87.7 Å². The number of amides is 1. The third-order valence-corrected chi connectivity index (χ3v) is 8.23. The molecule has 2 saturated heterocycles. The fourth-order valence-corrected chi connectivity index (χ4v) is 5.98. The molecule has 0 saturated carbocycles. The minimum absolute atomic E-state index is 0.0191. The number of aliphatic hydroxyl groups is 1. The zero-order chi connectivity index (χ0) is 33.0. The molecule has 3 aromatic rings. The van der Waals surface area contributed by atoms with Crippen molar-refractivity contribution in [2.75, 3.05) is 46.6 Å². The summed E-state index contributed by atoms with van der Waals surface area (Å²) < 4.78 is 37.6. The molecule has 0 spiro atoms. The van der Waals surface area contributed by atoms with Crippen LogP contribution in [0.4, 0.5) is 42.4 Å². The number of nitrogens with one attached hydrogen (secondary N) is 2. The van der Waals surface area contributed by atoms with Gasteiger partial charge in [0.2, 0.25) is 23.8 Å². The third kappa shape index (κ3) is 8.82. The number of halogens is 3. The highest BCUT2D eigenvalue weighted by Gasteiger charge is 2.34. The summed E-state index contributed by atoms with van der Waals surface area (Å²) in [4.78, 5) is 42.8. The average molecular weight is 661 g/mol. The normalized spacial score (nSPS) is 21.7. The number of carbonyl (C=O) groups is 2. The van der Waals surface area contributed by atoms with Crippen LogP contribution in [0.25, 0.3) is 0 Å². The van der Waals surface area contributed by atoms with Gasteiger partial charge in [-0.05, 0) is 73.1 Å². The van der Waals surface area contributed by atoms with E-state index in [0.29, 0.717) is 56.6 Å². The topological polar surface area (TPSA) is 202 Å². The number of rotatable bonds is 10. The van der Waals surface area contributed by atoms with Crippen molar-refractivity contribution in [2.45, 2.75) is 53.9 Å². The van der Waals surface area contributed by atoms with Crippen LogP contribution in [0.1, 0.15) is 29.6 Å². The first kappa shape index (κ1) is 33.3. The standard InChI is InChI=1S/C29H35F3N10O3S/c30-29(31,32)46-23-7-5-19(6-8-23)36-25(45)11-24(44)16-1-3-20(4-2-16)37-26-38-27(41-13-17(34)9-18(35)14-41)40-28(39-26)42-15-22(43)10-21(42)12-33/h1-8,17-18,21-22,43H,9-15,33-35H2,(H,36,45)(H,37,38,39,40)/t17-,18+,21-,22-/m0/s1. The maximum atomic E-state index is 12.8. The predicted octanol–water partition coefficient (Wildman–Crippen LogP) is 2.20. The Hall–Kier alpha value is -4.03. The van der Waals surface area contributed by atoms with Crippen molar-refractivity contribution in [3.05, 3.63) is 54.1 Å². The number of carbonyl (C=O) groups excluding carboxylic acids is 2. The lowest BCUT2D eigenvalue weighted by Crippen LogP contribution is -2.53. The lowest BCUT2D eigenvalue weighted by molar-refractivity contribution is -0.115. The fourth-order valence-electron chi connectivity index (χ4n) is 5.44. The largest absolute Gasteiger partial charge is 0.446 e. The van der Waals surface area contributed by atoms with Crippen molar-refractivity contribution >= 4 is 52.7 Å². The monoisotopic (exact) mass is 660 g/mol. The summed E-state index contributed by atoms with van der Waals surface area (Å²) in [5.74, 6) is -0.103. The van der Waals surface area contributed by atoms with E-state index in [-0.39, 0.29) is 52.0 Å². The number of aromatic nitrogens is 3. The predicted molar refractivity (Wildman–Crippen MR) is 169 cm³/mol. The molecule has 0 radical (unpaired) electrons. The van der Waals surface area contributed by atoms with E-state index in [0.717, 1.165) is 0 Å². The maximum absolute atomic E-state index is 12.8. The van der Waals surface area contributed by atoms with Crippen molar-refractivity contribution in [2.24, 2.45) is 17.2 Å². The Kier molecular flexibility index (Phi) is 10.3. The highest BCUT2D eigenvalue weighted by Crippen LogP contribution is 2.37. The Balaban J connectivity index is 1.26. The minimum atomic E-state index is -4.41. The van der Waals surface area contributed by atoms with Gasteiger partial charge in [0.1, 0.15) is 0 Å². The number of nitrogens with two attached hydrogens (primary N) is 3. The second kappa shape index (κ2) is 14.2. The van der Waals surface area contributed by atoms with Gasteiger partial charge in [-0.2, -0.15) is 28.1 Å². The molecule has 9 N–H and O–H groups in total. The number of benzene rings is 2. The van der Waals surface area contributed by atoms with Gasteiger partial charge < -0.3 is 42.7 Å². The molecule has 2 aliphatic rings. The number of piperidine rings is 1. The first-order valence-electron chi connectivity index (χ1n) is 14.6. The molecule has 2 aromatic carbocycles. The number of hydrogen-bond donors (Lipinski definition) is 6. The van der Waals surface area contributed by atoms with Crippen LogP contribution in [0.2, 0.25) is 0 Å². The molecule has 246 valence electrons. The summed E-state index contributed by atoms with van der Waals surface area (Å²) >= 11 is -0.258. The van der Waals surface area contributed by atoms with Crippen LogP contribution in [0.5, 0.6) is 0 Å². The van der Waals surface area contributed by atoms with Gasteiger partial charge in [-0.25, -0.2) is 0 Å². The summed E-state index contributed by atoms with van der Waals surface area (Å²) in [6, 6.07) is 11.1. The SMILES string of the molecule is NC[C@@H]1C[C@H](O)CN1c1nc(Nc2ccc(C(=O)CC(=O)Nc3ccc(SC(F)(F)F)cc3)cc2)nc(N2C[C@H](N)C[C@H](N)C2)n1. The number of thioether (sulfide) groups is 1. The Bertz CT molecular complexity index is 1520. The van der Waals surface area contributed by atoms with E-state index < -0.39 is 29.7 Å². The number of nitrogens with zero attached hydrogens (tertiary/aromatic N) is 5. The molecule has 13 nitrogen and oxygen atoms in total. The Morgan fingerprint density at radius 3 is 2.17 bits per heavy atom. The summed E-state index contributed by atoms with van der Waals surface area (Å²) in [7, 11) is 0. The second-order valence-corrected chi connectivity index (χ2v) is 12.4. The summed E-state index contributed by atoms with van der Waals surface area (Å²) in [5, 5.41) is 15.9. The Labute approximate surface area is 267 Å². The van der Waals surface area contributed by atoms with Gasteiger partial charge in [0.25, 0.3) is 0 Å². The smallest absolute Gasteiger partial charge is 0.391 e. The van der Waals surface area contributed by atoms with E-state index in [9.17, 15) is 27.9 Å². The van der Waals surface area contributed by atoms with E-state index in [2.05, 4.69) is 25.6 Å². The molecule has 0 aliphatic carbocycles. The van der Waals surface area contributed by atoms with E-state index >= 15 is 0 Å². The highest BCUT2D eigenvalue weighted by molar-refractivity contribution is 8.00. The highest BCUT2D eigenvalue weighted by atomic mass is 32.2. The molecule has 4 atom stereocenters. The number of β-amino-alcohol motifs (C(OH)–C–C–N with tert-alkyl or cyclic N) is 1. The Morgan fingerprint density at radius 1 is 0.913 bits per heavy atom. The van der Waals surface area contributed by atoms with Crippen molar-refractivity contribution in [3.63, 3.8) is 0 Å². The van der Waals surface area contributed by atoms with Crippen molar-refractivity contribution in [3.8, 4) is 0 Å². The quantitative estimate of drug-likeness (QED) is 0.105. The third-order valence-electron chi connectivity index (χ3n) is 7.49. The first-order chi connectivity index (χ1) is 21.8. The molecule has 2 aliphatic heterocycles. The lowest BCUT2D eigenvalue weighted by atomic mass is 10.0. The van der Waals surface area contributed by atoms with Gasteiger partial charge in [0.15, 0.2) is 5.78 Å². The number of ketones is 1. The van der Waals surface area contributed by atoms with Crippen LogP contribution < -0.4 is 37.6 Å². The average Bonchev–Trinajstić information content (AvgIpc) is 3.38. The van der Waals surface area contributed by atoms with Crippen LogP contribution in [0, 0.1) is 0 Å². The molecule has 3 heterocycles. The van der Waals surface area contributed by atoms with Gasteiger partial charge in [-0.3, -0.25) is 9.59 Å². The van der Waals surface area contributed by atoms with Crippen LogP contribution >= 0.6 is 11.8 Å². The number of anilines is 5. The van der Waals surface area contributed by atoms with Crippen LogP contribution in [0.3, 0.4) is 0 Å². The maximum Gasteiger partial charge on any atom is 0.446 e. The summed E-state index contributed by atoms with van der Waals surface area (Å²) in [6.45, 7) is 1.64. The number of alkyl halides is 3. The minimum Gasteiger partial charge on any atom is -0.391 e. The molecule has 0 unspecified atom stereocenters. The van der Waals surface area contributed by atoms with Gasteiger partial charge in [-0.1, -0.05) is 0 Å². The molecular formula is C29H35F3N10O3S. The molecule has 5 rings (SSSR count). The molecule has 0 bridgehead atoms. The van der Waals surface area contributed by atoms with Gasteiger partial charge >= 0.3 is 5.51 Å². The molecular weight excluding hydrogens is 625 g/mol. The zero-order valence-electron chi connectivity index (χ0n) is 24.7. The van der Waals surface area contributed by atoms with Gasteiger partial charge in [0.05, 0.1) is 12.5 Å². The Morgan fingerprint density at radius 2 is 1.54 bits per heavy atom. The van der Waals surface area contributed by atoms with Crippen LogP contribution in [-0.2, 0) is 4.79 Å². The molecule has 2 fully saturated rings. The number of aliphatic hydroxyl groups excluding tert-OH is 1. The number of Topliss-reactive ketones (excluding diaryl/α,β-unsaturated/α-hetero) is 1. The van der Waals surface area contributed by atoms with Gasteiger partial charge in [0, 0.05) is 66.1 Å². The second-order valence-electron chi connectivity index (χ2n) is 11.3. The first-order valence-corrected chi connectivity index (χ1v) is 15.4. The summed E-state index contributed by atoms with van der Waals surface area (Å²) in [5.41, 5.74) is 15.1. The van der Waals surface area contributed by atoms with Gasteiger partial charge in [-0.15, -0.1) is 0 Å². The van der Waals surface area contributed by atoms with E-state index in [1.165, 1.54) is 24.3 Å². The molecule has 1 aromatic heterocycles. The van der Waals surface area contributed by atoms with Crippen LogP contribution in [0.15, 0.2) is 53.4 Å². The summed E-state index contributed by atoms with van der Waals surface area (Å²) in [6.07, 6.45) is 0.131. The van der Waals surface area contributed by atoms with E-state index in [4.69, 9.17) is 17.2 Å². The van der Waals surface area contributed by atoms with E-state index in [1.54, 1.807) is 24.3 Å². The van der Waals surface area contributed by atoms with Crippen molar-refractivity contribution in [1.29, 1.82) is 0 Å². The fraction of sp³-hybridized carbons (Fsp3) is 0.414. The number of hydrogen-bond acceptors (Lipinski definition) is 13. The lowest BCUT2D eigenvalue weighted by Gasteiger charge is -2.35. The van der Waals surface area contributed by atoms with Crippen molar-refractivity contribution < 1.29 is 27.9 Å². The zero-order valence-corrected chi connectivity index (χ0v) is 25.5. The molecule has 17 heteroatoms.